The molecule has 0 spiro atoms. The van der Waals surface area contributed by atoms with Gasteiger partial charge in [-0.3, -0.25) is 0 Å². The van der Waals surface area contributed by atoms with Gasteiger partial charge in [0, 0.05) is 23.7 Å². The van der Waals surface area contributed by atoms with Crippen LogP contribution in [0.4, 0.5) is 0 Å². The van der Waals surface area contributed by atoms with Gasteiger partial charge in [-0.25, -0.2) is 4.99 Å². The zero-order valence-corrected chi connectivity index (χ0v) is 28.4. The summed E-state index contributed by atoms with van der Waals surface area (Å²) in [4.78, 5) is 16.4. The van der Waals surface area contributed by atoms with Crippen LogP contribution in [0.15, 0.2) is 59.1 Å². The van der Waals surface area contributed by atoms with Crippen molar-refractivity contribution in [2.75, 3.05) is 7.11 Å². The van der Waals surface area contributed by atoms with E-state index in [-0.39, 0.29) is 0 Å². The molecule has 5 rings (SSSR count). The first kappa shape index (κ1) is 33.2. The highest BCUT2D eigenvalue weighted by Gasteiger charge is 2.29. The maximum absolute atomic E-state index is 6.04. The first-order valence-corrected chi connectivity index (χ1v) is 18.3. The molecule has 1 aliphatic carbocycles. The van der Waals surface area contributed by atoms with Gasteiger partial charge in [-0.1, -0.05) is 97.3 Å². The molecule has 0 fully saturated rings. The molecule has 3 N–H and O–H groups in total. The monoisotopic (exact) mass is 610 g/mol. The Morgan fingerprint density at radius 3 is 2.40 bits per heavy atom. The molecule has 0 radical (unpaired) electrons. The van der Waals surface area contributed by atoms with Gasteiger partial charge >= 0.3 is 0 Å². The lowest BCUT2D eigenvalue weighted by Crippen LogP contribution is -2.05. The first-order chi connectivity index (χ1) is 22.2. The third-order valence-corrected chi connectivity index (χ3v) is 9.88. The Hall–Kier alpha value is -3.21. The lowest BCUT2D eigenvalue weighted by atomic mass is 9.85. The van der Waals surface area contributed by atoms with Crippen molar-refractivity contribution in [3.63, 3.8) is 0 Å². The second-order valence-corrected chi connectivity index (χ2v) is 13.4. The molecule has 0 aromatic carbocycles. The van der Waals surface area contributed by atoms with Gasteiger partial charge in [-0.2, -0.15) is 0 Å². The van der Waals surface area contributed by atoms with Crippen LogP contribution in [-0.4, -0.2) is 27.8 Å². The quantitative estimate of drug-likeness (QED) is 0.131. The van der Waals surface area contributed by atoms with Crippen molar-refractivity contribution in [3.05, 3.63) is 88.1 Å². The number of rotatable bonds is 17. The number of allylic oxidation sites excluding steroid dienone is 1. The summed E-state index contributed by atoms with van der Waals surface area (Å²) in [5, 5.41) is 0. The van der Waals surface area contributed by atoms with Crippen molar-refractivity contribution in [2.24, 2.45) is 4.99 Å². The molecule has 1 atom stereocenters. The van der Waals surface area contributed by atoms with E-state index in [9.17, 15) is 0 Å². The minimum atomic E-state index is 0.554. The number of unbranched alkanes of at least 4 members (excludes halogenated alkanes) is 9. The maximum Gasteiger partial charge on any atom is 0.147 e. The third-order valence-electron chi connectivity index (χ3n) is 9.88. The molecule has 0 amide bonds. The number of fused-ring (bicyclic) bond motifs is 2. The van der Waals surface area contributed by atoms with Crippen molar-refractivity contribution in [1.29, 1.82) is 0 Å². The third kappa shape index (κ3) is 8.95. The van der Waals surface area contributed by atoms with Crippen LogP contribution in [0.5, 0.6) is 0 Å². The number of methoxy groups -OCH3 is 1. The number of nitrogens with one attached hydrogen (secondary N) is 3. The van der Waals surface area contributed by atoms with E-state index in [1.54, 1.807) is 7.11 Å². The molecule has 5 heteroatoms. The predicted octanol–water partition coefficient (Wildman–Crippen LogP) is 11.3. The molecule has 0 saturated heterocycles. The molecular weight excluding hydrogens is 552 g/mol. The van der Waals surface area contributed by atoms with E-state index in [4.69, 9.17) is 9.73 Å². The minimum Gasteiger partial charge on any atom is -0.494 e. The summed E-state index contributed by atoms with van der Waals surface area (Å²) in [6, 6.07) is 11.2. The first-order valence-electron chi connectivity index (χ1n) is 18.3. The van der Waals surface area contributed by atoms with Crippen LogP contribution in [-0.2, 0) is 17.6 Å². The number of aromatic nitrogens is 3. The summed E-state index contributed by atoms with van der Waals surface area (Å²) in [7, 11) is 1.77. The number of aromatic amines is 3. The Morgan fingerprint density at radius 1 is 0.867 bits per heavy atom. The fourth-order valence-corrected chi connectivity index (χ4v) is 7.26. The zero-order valence-electron chi connectivity index (χ0n) is 28.4. The smallest absolute Gasteiger partial charge is 0.147 e. The Morgan fingerprint density at radius 2 is 1.64 bits per heavy atom. The average molecular weight is 611 g/mol. The van der Waals surface area contributed by atoms with Crippen LogP contribution in [0.2, 0.25) is 0 Å². The van der Waals surface area contributed by atoms with Gasteiger partial charge in [0.15, 0.2) is 0 Å². The summed E-state index contributed by atoms with van der Waals surface area (Å²) in [6.07, 6.45) is 28.6. The number of ether oxygens (including phenoxy) is 1. The number of hydrogen-bond donors (Lipinski definition) is 3. The van der Waals surface area contributed by atoms with Crippen LogP contribution < -0.4 is 0 Å². The lowest BCUT2D eigenvalue weighted by Gasteiger charge is -2.20. The Balaban J connectivity index is 1.46. The summed E-state index contributed by atoms with van der Waals surface area (Å²) < 4.78 is 6.04. The van der Waals surface area contributed by atoms with E-state index >= 15 is 0 Å². The minimum absolute atomic E-state index is 0.554. The normalized spacial score (nSPS) is 18.2. The average Bonchev–Trinajstić information content (AvgIpc) is 3.88. The van der Waals surface area contributed by atoms with Crippen molar-refractivity contribution in [2.45, 2.75) is 142 Å². The van der Waals surface area contributed by atoms with E-state index in [1.807, 2.05) is 12.3 Å². The number of aryl methyl sites for hydroxylation is 2. The second-order valence-electron chi connectivity index (χ2n) is 13.4. The van der Waals surface area contributed by atoms with E-state index in [0.717, 1.165) is 47.0 Å². The van der Waals surface area contributed by atoms with Crippen LogP contribution in [0.25, 0.3) is 5.57 Å². The van der Waals surface area contributed by atoms with Gasteiger partial charge in [0.05, 0.1) is 35.5 Å². The van der Waals surface area contributed by atoms with E-state index in [1.165, 1.54) is 132 Å². The van der Waals surface area contributed by atoms with Gasteiger partial charge < -0.3 is 19.7 Å². The molecule has 5 nitrogen and oxygen atoms in total. The van der Waals surface area contributed by atoms with Crippen LogP contribution in [0.1, 0.15) is 163 Å². The molecule has 2 aliphatic rings. The van der Waals surface area contributed by atoms with Gasteiger partial charge in [-0.05, 0) is 80.3 Å². The highest BCUT2D eigenvalue weighted by Crippen LogP contribution is 2.41. The van der Waals surface area contributed by atoms with E-state index in [0.29, 0.717) is 5.92 Å². The Kier molecular flexibility index (Phi) is 12.9. The van der Waals surface area contributed by atoms with Crippen LogP contribution >= 0.6 is 0 Å². The van der Waals surface area contributed by atoms with Crippen molar-refractivity contribution < 1.29 is 4.74 Å². The Bertz CT molecular complexity index is 1400. The van der Waals surface area contributed by atoms with Gasteiger partial charge in [-0.15, -0.1) is 0 Å². The molecule has 45 heavy (non-hydrogen) atoms. The fourth-order valence-electron chi connectivity index (χ4n) is 7.26. The standard InChI is InChI=1S/C40H58N4O/c1-4-6-8-9-10-11-12-13-17-22-31-25-26-35(42-31)38(40-37(45-3)29-36(44-40)34-24-19-27-41-34)39-33-28-32(43-39)23-18-15-14-16-21-30(33)20-7-5-2/h19,24-30,41-43H,4-18,20-23H2,1-3H3/b40-38+/t30-/m0/s1. The summed E-state index contributed by atoms with van der Waals surface area (Å²) in [5.74, 6) is 1.37. The summed E-state index contributed by atoms with van der Waals surface area (Å²) in [6.45, 7) is 4.61. The van der Waals surface area contributed by atoms with E-state index < -0.39 is 0 Å². The van der Waals surface area contributed by atoms with Crippen LogP contribution in [0.3, 0.4) is 0 Å². The molecule has 0 unspecified atom stereocenters. The number of aliphatic imine (C=N–C) groups is 1. The molecule has 3 aromatic heterocycles. The van der Waals surface area contributed by atoms with Crippen molar-refractivity contribution in [1.82, 2.24) is 15.0 Å². The zero-order chi connectivity index (χ0) is 31.3. The molecule has 1 aliphatic heterocycles. The fraction of sp³-hybridized carbons (Fsp3) is 0.575. The summed E-state index contributed by atoms with van der Waals surface area (Å²) in [5.41, 5.74) is 10.5. The number of hydrogen-bond acceptors (Lipinski definition) is 2. The molecule has 0 saturated carbocycles. The molecule has 2 bridgehead atoms. The van der Waals surface area contributed by atoms with Gasteiger partial charge in [0.1, 0.15) is 11.5 Å². The molecular formula is C40H58N4O. The number of H-pyrrole nitrogens is 3. The Labute approximate surface area is 272 Å². The summed E-state index contributed by atoms with van der Waals surface area (Å²) >= 11 is 0. The van der Waals surface area contributed by atoms with Gasteiger partial charge in [0.25, 0.3) is 0 Å². The highest BCUT2D eigenvalue weighted by molar-refractivity contribution is 6.11. The van der Waals surface area contributed by atoms with Crippen LogP contribution in [0, 0.1) is 0 Å². The van der Waals surface area contributed by atoms with E-state index in [2.05, 4.69) is 59.1 Å². The van der Waals surface area contributed by atoms with Crippen molar-refractivity contribution in [3.8, 4) is 0 Å². The maximum atomic E-state index is 6.04. The topological polar surface area (TPSA) is 69.0 Å². The SMILES string of the molecule is CCCCCCCCCCCc1ccc(/C(=C2\N=C(c3ccc[nH]3)C=C2OC)c2[nH]c3cc2[C@@H](CCCC)CCCCCC3)[nH]1. The number of nitrogens with zero attached hydrogens (tertiary/aromatic N) is 1. The largest absolute Gasteiger partial charge is 0.494 e. The molecule has 3 aromatic rings. The van der Waals surface area contributed by atoms with Crippen molar-refractivity contribution >= 4 is 11.3 Å². The molecule has 4 heterocycles. The lowest BCUT2D eigenvalue weighted by molar-refractivity contribution is 0.302. The molecule has 244 valence electrons. The second kappa shape index (κ2) is 17.5. The predicted molar refractivity (Wildman–Crippen MR) is 190 cm³/mol. The highest BCUT2D eigenvalue weighted by atomic mass is 16.5. The van der Waals surface area contributed by atoms with Gasteiger partial charge in [0.2, 0.25) is 0 Å².